The Morgan fingerprint density at radius 1 is 1.07 bits per heavy atom. The molecule has 0 aliphatic carbocycles. The van der Waals surface area contributed by atoms with Gasteiger partial charge >= 0.3 is 0 Å². The molecule has 0 radical (unpaired) electrons. The molecule has 1 N–H and O–H groups in total. The number of imidazole rings is 1. The van der Waals surface area contributed by atoms with Crippen LogP contribution in [0.15, 0.2) is 48.5 Å². The summed E-state index contributed by atoms with van der Waals surface area (Å²) in [4.78, 5) is 17.6. The summed E-state index contributed by atoms with van der Waals surface area (Å²) in [6, 6.07) is 16.1. The minimum atomic E-state index is -0.131. The topological polar surface area (TPSA) is 56.1 Å². The van der Waals surface area contributed by atoms with Gasteiger partial charge in [-0.2, -0.15) is 0 Å². The summed E-state index contributed by atoms with van der Waals surface area (Å²) < 4.78 is 7.43. The molecule has 1 heterocycles. The number of benzene rings is 2. The molecule has 2 aromatic carbocycles. The third kappa shape index (κ3) is 4.78. The van der Waals surface area contributed by atoms with Crippen molar-refractivity contribution < 1.29 is 9.53 Å². The van der Waals surface area contributed by atoms with Crippen LogP contribution in [0.2, 0.25) is 0 Å². The quantitative estimate of drug-likeness (QED) is 0.581. The van der Waals surface area contributed by atoms with E-state index in [9.17, 15) is 4.79 Å². The zero-order chi connectivity index (χ0) is 21.0. The van der Waals surface area contributed by atoms with E-state index in [1.165, 1.54) is 0 Å². The lowest BCUT2D eigenvalue weighted by Crippen LogP contribution is -2.34. The van der Waals surface area contributed by atoms with Crippen molar-refractivity contribution in [3.05, 3.63) is 59.9 Å². The molecular formula is C24H31N3O2. The first-order valence-electron chi connectivity index (χ1n) is 10.3. The van der Waals surface area contributed by atoms with E-state index in [4.69, 9.17) is 9.72 Å². The second kappa shape index (κ2) is 9.12. The highest BCUT2D eigenvalue weighted by Crippen LogP contribution is 2.29. The standard InChI is InChI=1S/C24H31N3O2/c1-16(2)23(24-25-20-8-6-7-9-21(20)27(24)17(3)4)26-22(28)15-12-18-10-13-19(29-5)14-11-18/h6-11,13-14,16-17,23H,12,15H2,1-5H3,(H,26,28)/t23-/m0/s1. The van der Waals surface area contributed by atoms with Crippen LogP contribution in [-0.2, 0) is 11.2 Å². The van der Waals surface area contributed by atoms with Crippen molar-refractivity contribution in [2.24, 2.45) is 5.92 Å². The van der Waals surface area contributed by atoms with Gasteiger partial charge in [-0.3, -0.25) is 4.79 Å². The van der Waals surface area contributed by atoms with Crippen LogP contribution >= 0.6 is 0 Å². The van der Waals surface area contributed by atoms with Crippen molar-refractivity contribution in [1.29, 1.82) is 0 Å². The molecule has 1 aromatic heterocycles. The molecule has 5 heteroatoms. The lowest BCUT2D eigenvalue weighted by atomic mass is 10.0. The van der Waals surface area contributed by atoms with E-state index in [2.05, 4.69) is 43.6 Å². The molecule has 0 spiro atoms. The van der Waals surface area contributed by atoms with Crippen LogP contribution in [0.1, 0.15) is 57.6 Å². The van der Waals surface area contributed by atoms with Crippen LogP contribution in [0, 0.1) is 5.92 Å². The van der Waals surface area contributed by atoms with Gasteiger partial charge < -0.3 is 14.6 Å². The first-order chi connectivity index (χ1) is 13.9. The van der Waals surface area contributed by atoms with Crippen molar-refractivity contribution in [1.82, 2.24) is 14.9 Å². The molecule has 29 heavy (non-hydrogen) atoms. The maximum atomic E-state index is 12.8. The van der Waals surface area contributed by atoms with Crippen LogP contribution in [0.25, 0.3) is 11.0 Å². The van der Waals surface area contributed by atoms with E-state index in [1.807, 2.05) is 42.5 Å². The molecule has 1 atom stereocenters. The van der Waals surface area contributed by atoms with Crippen LogP contribution in [-0.4, -0.2) is 22.6 Å². The number of ether oxygens (including phenoxy) is 1. The molecule has 3 aromatic rings. The highest BCUT2D eigenvalue weighted by atomic mass is 16.5. The molecule has 0 fully saturated rings. The summed E-state index contributed by atoms with van der Waals surface area (Å²) in [5, 5.41) is 3.23. The van der Waals surface area contributed by atoms with Gasteiger partial charge in [0, 0.05) is 12.5 Å². The van der Waals surface area contributed by atoms with Gasteiger partial charge in [-0.25, -0.2) is 4.98 Å². The summed E-state index contributed by atoms with van der Waals surface area (Å²) in [5.41, 5.74) is 3.20. The Hall–Kier alpha value is -2.82. The van der Waals surface area contributed by atoms with E-state index >= 15 is 0 Å². The molecule has 1 amide bonds. The van der Waals surface area contributed by atoms with Crippen LogP contribution in [0.5, 0.6) is 5.75 Å². The Morgan fingerprint density at radius 3 is 2.38 bits per heavy atom. The van der Waals surface area contributed by atoms with Gasteiger partial charge in [-0.05, 0) is 56.0 Å². The number of carbonyl (C=O) groups is 1. The minimum Gasteiger partial charge on any atom is -0.497 e. The highest BCUT2D eigenvalue weighted by Gasteiger charge is 2.25. The van der Waals surface area contributed by atoms with E-state index in [0.717, 1.165) is 28.2 Å². The van der Waals surface area contributed by atoms with Gasteiger partial charge in [-0.1, -0.05) is 38.1 Å². The third-order valence-electron chi connectivity index (χ3n) is 5.20. The van der Waals surface area contributed by atoms with E-state index < -0.39 is 0 Å². The summed E-state index contributed by atoms with van der Waals surface area (Å²) >= 11 is 0. The highest BCUT2D eigenvalue weighted by molar-refractivity contribution is 5.78. The first kappa shape index (κ1) is 20.9. The van der Waals surface area contributed by atoms with Crippen molar-refractivity contribution in [3.8, 4) is 5.75 Å². The lowest BCUT2D eigenvalue weighted by Gasteiger charge is -2.25. The van der Waals surface area contributed by atoms with Crippen molar-refractivity contribution in [2.45, 2.75) is 52.6 Å². The molecule has 0 bridgehead atoms. The van der Waals surface area contributed by atoms with E-state index in [-0.39, 0.29) is 23.9 Å². The number of aryl methyl sites for hydroxylation is 1. The van der Waals surface area contributed by atoms with Crippen LogP contribution < -0.4 is 10.1 Å². The number of para-hydroxylation sites is 2. The van der Waals surface area contributed by atoms with E-state index in [1.54, 1.807) is 7.11 Å². The van der Waals surface area contributed by atoms with Crippen molar-refractivity contribution in [2.75, 3.05) is 7.11 Å². The second-order valence-electron chi connectivity index (χ2n) is 8.06. The Kier molecular flexibility index (Phi) is 6.57. The monoisotopic (exact) mass is 393 g/mol. The Balaban J connectivity index is 1.77. The summed E-state index contributed by atoms with van der Waals surface area (Å²) in [6.45, 7) is 8.55. The third-order valence-corrected chi connectivity index (χ3v) is 5.20. The first-order valence-corrected chi connectivity index (χ1v) is 10.3. The number of nitrogens with one attached hydrogen (secondary N) is 1. The number of hydrogen-bond acceptors (Lipinski definition) is 3. The lowest BCUT2D eigenvalue weighted by molar-refractivity contribution is -0.122. The van der Waals surface area contributed by atoms with Crippen molar-refractivity contribution in [3.63, 3.8) is 0 Å². The van der Waals surface area contributed by atoms with Gasteiger partial charge in [0.15, 0.2) is 0 Å². The molecule has 154 valence electrons. The molecule has 0 aliphatic rings. The van der Waals surface area contributed by atoms with Gasteiger partial charge in [0.05, 0.1) is 24.2 Å². The Morgan fingerprint density at radius 2 is 1.76 bits per heavy atom. The average Bonchev–Trinajstić information content (AvgIpc) is 3.10. The molecule has 0 saturated heterocycles. The van der Waals surface area contributed by atoms with Gasteiger partial charge in [0.25, 0.3) is 0 Å². The average molecular weight is 394 g/mol. The van der Waals surface area contributed by atoms with Gasteiger partial charge in [0.1, 0.15) is 11.6 Å². The Bertz CT molecular complexity index is 958. The van der Waals surface area contributed by atoms with Crippen molar-refractivity contribution >= 4 is 16.9 Å². The zero-order valence-corrected chi connectivity index (χ0v) is 18.0. The molecular weight excluding hydrogens is 362 g/mol. The SMILES string of the molecule is COc1ccc(CCC(=O)N[C@H](c2nc3ccccc3n2C(C)C)C(C)C)cc1. The van der Waals surface area contributed by atoms with Crippen LogP contribution in [0.4, 0.5) is 0 Å². The Labute approximate surface area is 173 Å². The number of fused-ring (bicyclic) bond motifs is 1. The predicted molar refractivity (Wildman–Crippen MR) is 117 cm³/mol. The predicted octanol–water partition coefficient (Wildman–Crippen LogP) is 5.07. The number of aromatic nitrogens is 2. The number of amides is 1. The number of hydrogen-bond donors (Lipinski definition) is 1. The zero-order valence-electron chi connectivity index (χ0n) is 18.0. The molecule has 0 saturated carbocycles. The summed E-state index contributed by atoms with van der Waals surface area (Å²) in [5.74, 6) is 2.02. The summed E-state index contributed by atoms with van der Waals surface area (Å²) in [7, 11) is 1.65. The fourth-order valence-electron chi connectivity index (χ4n) is 3.65. The number of methoxy groups -OCH3 is 1. The fraction of sp³-hybridized carbons (Fsp3) is 0.417. The van der Waals surface area contributed by atoms with Gasteiger partial charge in [-0.15, -0.1) is 0 Å². The van der Waals surface area contributed by atoms with Gasteiger partial charge in [0.2, 0.25) is 5.91 Å². The second-order valence-corrected chi connectivity index (χ2v) is 8.06. The largest absolute Gasteiger partial charge is 0.497 e. The molecule has 5 nitrogen and oxygen atoms in total. The van der Waals surface area contributed by atoms with Crippen LogP contribution in [0.3, 0.4) is 0 Å². The molecule has 3 rings (SSSR count). The molecule has 0 unspecified atom stereocenters. The summed E-state index contributed by atoms with van der Waals surface area (Å²) in [6.07, 6.45) is 1.14. The number of nitrogens with zero attached hydrogens (tertiary/aromatic N) is 2. The number of rotatable bonds is 8. The smallest absolute Gasteiger partial charge is 0.220 e. The number of carbonyl (C=O) groups excluding carboxylic acids is 1. The van der Waals surface area contributed by atoms with E-state index in [0.29, 0.717) is 12.8 Å². The fourth-order valence-corrected chi connectivity index (χ4v) is 3.65. The maximum absolute atomic E-state index is 12.8. The molecule has 0 aliphatic heterocycles. The normalized spacial score (nSPS) is 12.5. The maximum Gasteiger partial charge on any atom is 0.220 e. The minimum absolute atomic E-state index is 0.0434.